The van der Waals surface area contributed by atoms with Crippen LogP contribution in [-0.2, 0) is 21.0 Å². The molecule has 114 valence electrons. The molecule has 0 saturated carbocycles. The molecule has 0 fully saturated rings. The van der Waals surface area contributed by atoms with Gasteiger partial charge in [0.15, 0.2) is 5.16 Å². The van der Waals surface area contributed by atoms with Gasteiger partial charge in [0.2, 0.25) is 0 Å². The van der Waals surface area contributed by atoms with E-state index in [-0.39, 0.29) is 17.2 Å². The summed E-state index contributed by atoms with van der Waals surface area (Å²) in [6.45, 7) is 8.24. The van der Waals surface area contributed by atoms with Crippen LogP contribution in [0.4, 0.5) is 0 Å². The summed E-state index contributed by atoms with van der Waals surface area (Å²) in [4.78, 5) is 15.1. The molecule has 7 heteroatoms. The molecule has 2 unspecified atom stereocenters. The van der Waals surface area contributed by atoms with Gasteiger partial charge >= 0.3 is 5.97 Å². The highest BCUT2D eigenvalue weighted by atomic mass is 32.2. The summed E-state index contributed by atoms with van der Waals surface area (Å²) in [5, 5.41) is 9.49. The molecular weight excluding hydrogens is 296 g/mol. The van der Waals surface area contributed by atoms with Crippen LogP contribution >= 0.6 is 11.8 Å². The first kappa shape index (κ1) is 17.2. The van der Waals surface area contributed by atoms with Gasteiger partial charge in [0, 0.05) is 46.2 Å². The maximum Gasteiger partial charge on any atom is 0.313 e. The zero-order chi connectivity index (χ0) is 15.5. The van der Waals surface area contributed by atoms with Gasteiger partial charge in [-0.25, -0.2) is 4.98 Å². The van der Waals surface area contributed by atoms with E-state index in [9.17, 15) is 9.00 Å². The normalized spacial score (nSPS) is 15.1. The standard InChI is InChI=1S/C13H22N2O3S2/c1-9(8-20(5)18)15-10(13(2,3)4)6-14-12(15)19-7-11(16)17/h6,9H,7-8H2,1-5H3,(H,16,17). The van der Waals surface area contributed by atoms with Gasteiger partial charge < -0.3 is 9.67 Å². The smallest absolute Gasteiger partial charge is 0.313 e. The van der Waals surface area contributed by atoms with Crippen molar-refractivity contribution >= 4 is 28.5 Å². The second-order valence-corrected chi connectivity index (χ2v) is 8.24. The first-order chi connectivity index (χ1) is 9.12. The highest BCUT2D eigenvalue weighted by Gasteiger charge is 2.25. The number of aliphatic carboxylic acids is 1. The predicted octanol–water partition coefficient (Wildman–Crippen LogP) is 2.30. The molecule has 0 spiro atoms. The minimum atomic E-state index is -0.911. The predicted molar refractivity (Wildman–Crippen MR) is 82.9 cm³/mol. The lowest BCUT2D eigenvalue weighted by Gasteiger charge is -2.25. The summed E-state index contributed by atoms with van der Waals surface area (Å²) in [6, 6.07) is 0.0221. The first-order valence-electron chi connectivity index (χ1n) is 6.35. The third kappa shape index (κ3) is 4.63. The van der Waals surface area contributed by atoms with Gasteiger partial charge in [0.25, 0.3) is 0 Å². The molecule has 1 N–H and O–H groups in total. The lowest BCUT2D eigenvalue weighted by atomic mass is 9.92. The molecule has 1 heterocycles. The van der Waals surface area contributed by atoms with E-state index in [0.717, 1.165) is 5.69 Å². The van der Waals surface area contributed by atoms with Gasteiger partial charge in [-0.15, -0.1) is 0 Å². The summed E-state index contributed by atoms with van der Waals surface area (Å²) in [5.74, 6) is -0.364. The number of rotatable bonds is 6. The number of aromatic nitrogens is 2. The highest BCUT2D eigenvalue weighted by molar-refractivity contribution is 7.99. The molecule has 1 rings (SSSR count). The summed E-state index contributed by atoms with van der Waals surface area (Å²) >= 11 is 1.20. The fourth-order valence-corrected chi connectivity index (χ4v) is 3.60. The zero-order valence-electron chi connectivity index (χ0n) is 12.5. The lowest BCUT2D eigenvalue weighted by Crippen LogP contribution is -2.23. The van der Waals surface area contributed by atoms with Crippen LogP contribution in [0, 0.1) is 0 Å². The van der Waals surface area contributed by atoms with Crippen LogP contribution in [0.5, 0.6) is 0 Å². The van der Waals surface area contributed by atoms with Crippen molar-refractivity contribution in [1.82, 2.24) is 9.55 Å². The molecule has 0 bridgehead atoms. The molecule has 20 heavy (non-hydrogen) atoms. The third-order valence-electron chi connectivity index (χ3n) is 2.77. The second-order valence-electron chi connectivity index (χ2n) is 5.82. The fraction of sp³-hybridized carbons (Fsp3) is 0.692. The minimum Gasteiger partial charge on any atom is -0.481 e. The number of hydrogen-bond acceptors (Lipinski definition) is 4. The van der Waals surface area contributed by atoms with Crippen molar-refractivity contribution < 1.29 is 14.1 Å². The molecule has 0 amide bonds. The van der Waals surface area contributed by atoms with Crippen LogP contribution in [0.1, 0.15) is 39.4 Å². The Morgan fingerprint density at radius 2 is 2.15 bits per heavy atom. The molecule has 5 nitrogen and oxygen atoms in total. The molecule has 0 aliphatic carbocycles. The summed E-state index contributed by atoms with van der Waals surface area (Å²) in [6.07, 6.45) is 3.47. The minimum absolute atomic E-state index is 0.0221. The number of carboxylic acid groups (broad SMARTS) is 1. The van der Waals surface area contributed by atoms with Gasteiger partial charge in [-0.1, -0.05) is 32.5 Å². The summed E-state index contributed by atoms with van der Waals surface area (Å²) in [5.41, 5.74) is 0.932. The third-order valence-corrected chi connectivity index (χ3v) is 4.68. The monoisotopic (exact) mass is 318 g/mol. The molecule has 0 aliphatic heterocycles. The number of nitrogens with zero attached hydrogens (tertiary/aromatic N) is 2. The van der Waals surface area contributed by atoms with E-state index < -0.39 is 16.8 Å². The van der Waals surface area contributed by atoms with Gasteiger partial charge in [-0.2, -0.15) is 0 Å². The maximum atomic E-state index is 11.5. The van der Waals surface area contributed by atoms with Crippen molar-refractivity contribution in [1.29, 1.82) is 0 Å². The van der Waals surface area contributed by atoms with Gasteiger partial charge in [-0.05, 0) is 6.92 Å². The Labute approximate surface area is 126 Å². The molecule has 2 atom stereocenters. The van der Waals surface area contributed by atoms with Crippen molar-refractivity contribution in [3.8, 4) is 0 Å². The molecule has 1 aromatic heterocycles. The molecule has 0 saturated heterocycles. The first-order valence-corrected chi connectivity index (χ1v) is 9.06. The molecular formula is C13H22N2O3S2. The topological polar surface area (TPSA) is 72.2 Å². The van der Waals surface area contributed by atoms with Crippen molar-refractivity contribution in [2.45, 2.75) is 44.3 Å². The largest absolute Gasteiger partial charge is 0.481 e. The Kier molecular flexibility index (Phi) is 5.82. The van der Waals surface area contributed by atoms with Crippen LogP contribution in [0.25, 0.3) is 0 Å². The van der Waals surface area contributed by atoms with E-state index in [1.807, 2.05) is 11.5 Å². The second kappa shape index (κ2) is 6.76. The van der Waals surface area contributed by atoms with E-state index >= 15 is 0 Å². The molecule has 0 aliphatic rings. The lowest BCUT2D eigenvalue weighted by molar-refractivity contribution is -0.133. The highest BCUT2D eigenvalue weighted by Crippen LogP contribution is 2.30. The average Bonchev–Trinajstić information content (AvgIpc) is 2.68. The van der Waals surface area contributed by atoms with Gasteiger partial charge in [0.05, 0.1) is 5.75 Å². The van der Waals surface area contributed by atoms with Crippen molar-refractivity contribution in [2.75, 3.05) is 17.8 Å². The van der Waals surface area contributed by atoms with Crippen LogP contribution in [-0.4, -0.2) is 42.6 Å². The van der Waals surface area contributed by atoms with E-state index in [1.165, 1.54) is 11.8 Å². The zero-order valence-corrected chi connectivity index (χ0v) is 14.2. The van der Waals surface area contributed by atoms with E-state index in [0.29, 0.717) is 10.9 Å². The number of thioether (sulfide) groups is 1. The fourth-order valence-electron chi connectivity index (χ4n) is 1.97. The Hall–Kier alpha value is -0.820. The van der Waals surface area contributed by atoms with Crippen LogP contribution in [0.2, 0.25) is 0 Å². The van der Waals surface area contributed by atoms with Crippen molar-refractivity contribution in [3.05, 3.63) is 11.9 Å². The summed E-state index contributed by atoms with van der Waals surface area (Å²) < 4.78 is 13.5. The average molecular weight is 318 g/mol. The Bertz CT molecular complexity index is 506. The maximum absolute atomic E-state index is 11.5. The Balaban J connectivity index is 3.15. The Morgan fingerprint density at radius 3 is 2.60 bits per heavy atom. The Morgan fingerprint density at radius 1 is 1.55 bits per heavy atom. The van der Waals surface area contributed by atoms with Crippen molar-refractivity contribution in [3.63, 3.8) is 0 Å². The van der Waals surface area contributed by atoms with Gasteiger partial charge in [0.1, 0.15) is 0 Å². The quantitative estimate of drug-likeness (QED) is 0.815. The number of carboxylic acids is 1. The summed E-state index contributed by atoms with van der Waals surface area (Å²) in [7, 11) is -0.911. The SMILES string of the molecule is CC(CS(C)=O)n1c(C(C)(C)C)cnc1SCC(=O)O. The van der Waals surface area contributed by atoms with Crippen LogP contribution in [0.15, 0.2) is 11.4 Å². The van der Waals surface area contributed by atoms with E-state index in [2.05, 4.69) is 25.8 Å². The molecule has 1 aromatic rings. The van der Waals surface area contributed by atoms with Crippen LogP contribution < -0.4 is 0 Å². The number of carbonyl (C=O) groups is 1. The van der Waals surface area contributed by atoms with E-state index in [4.69, 9.17) is 5.11 Å². The van der Waals surface area contributed by atoms with E-state index in [1.54, 1.807) is 12.5 Å². The van der Waals surface area contributed by atoms with Crippen molar-refractivity contribution in [2.24, 2.45) is 0 Å². The molecule has 0 aromatic carbocycles. The number of hydrogen-bond donors (Lipinski definition) is 1. The molecule has 0 radical (unpaired) electrons. The van der Waals surface area contributed by atoms with Gasteiger partial charge in [-0.3, -0.25) is 9.00 Å². The number of imidazole rings is 1. The van der Waals surface area contributed by atoms with Crippen LogP contribution in [0.3, 0.4) is 0 Å².